The highest BCUT2D eigenvalue weighted by Crippen LogP contribution is 2.43. The first kappa shape index (κ1) is 20.1. The van der Waals surface area contributed by atoms with E-state index in [1.165, 1.54) is 24.3 Å². The number of rotatable bonds is 3. The van der Waals surface area contributed by atoms with Crippen LogP contribution in [-0.4, -0.2) is 45.1 Å². The van der Waals surface area contributed by atoms with Crippen LogP contribution in [0.25, 0.3) is 0 Å². The van der Waals surface area contributed by atoms with Crippen LogP contribution < -0.4 is 0 Å². The molecule has 6 nitrogen and oxygen atoms in total. The summed E-state index contributed by atoms with van der Waals surface area (Å²) in [5.74, 6) is -1.34. The second kappa shape index (κ2) is 8.26. The van der Waals surface area contributed by atoms with E-state index < -0.39 is 11.9 Å². The maximum Gasteiger partial charge on any atom is 0.335 e. The summed E-state index contributed by atoms with van der Waals surface area (Å²) < 4.78 is 0. The minimum atomic E-state index is -1.06. The highest BCUT2D eigenvalue weighted by molar-refractivity contribution is 5.91. The van der Waals surface area contributed by atoms with Crippen LogP contribution in [0.5, 0.6) is 0 Å². The smallest absolute Gasteiger partial charge is 0.335 e. The number of aliphatic hydroxyl groups excluding tert-OH is 2. The van der Waals surface area contributed by atoms with Gasteiger partial charge in [-0.3, -0.25) is 0 Å². The van der Waals surface area contributed by atoms with Crippen molar-refractivity contribution in [3.8, 4) is 0 Å². The number of carboxylic acids is 2. The lowest BCUT2D eigenvalue weighted by Crippen LogP contribution is -2.41. The van der Waals surface area contributed by atoms with Crippen LogP contribution in [0.3, 0.4) is 0 Å². The fourth-order valence-electron chi connectivity index (χ4n) is 3.39. The molecule has 3 atom stereocenters. The predicted octanol–water partition coefficient (Wildman–Crippen LogP) is 2.49. The number of carboxylic acid groups (broad SMARTS) is 2. The van der Waals surface area contributed by atoms with Gasteiger partial charge in [-0.2, -0.15) is 0 Å². The van der Waals surface area contributed by atoms with Gasteiger partial charge in [0.05, 0.1) is 17.2 Å². The average Bonchev–Trinajstić information content (AvgIpc) is 2.46. The molecule has 0 radical (unpaired) electrons. The minimum absolute atomic E-state index is 0.0833. The second-order valence-corrected chi connectivity index (χ2v) is 7.04. The zero-order valence-electron chi connectivity index (χ0n) is 14.3. The molecule has 1 fully saturated rings. The molecule has 1 aliphatic carbocycles. The van der Waals surface area contributed by atoms with E-state index in [1.807, 2.05) is 0 Å². The Kier molecular flexibility index (Phi) is 6.93. The van der Waals surface area contributed by atoms with Crippen LogP contribution in [0.2, 0.25) is 0 Å². The SMILES string of the molecule is CC1CC(O)CC(C)(C)C1CO.O=C(O)c1ccc(C(=O)O)cc1. The lowest BCUT2D eigenvalue weighted by molar-refractivity contribution is -0.0344. The summed E-state index contributed by atoms with van der Waals surface area (Å²) in [6.45, 7) is 6.63. The molecular formula is C18H26O6. The molecule has 0 amide bonds. The molecule has 0 aromatic heterocycles. The van der Waals surface area contributed by atoms with Crippen molar-refractivity contribution < 1.29 is 30.0 Å². The molecule has 1 aromatic carbocycles. The molecule has 3 unspecified atom stereocenters. The third kappa shape index (κ3) is 5.32. The Hall–Kier alpha value is -1.92. The quantitative estimate of drug-likeness (QED) is 0.673. The van der Waals surface area contributed by atoms with Gasteiger partial charge in [0.25, 0.3) is 0 Å². The molecule has 1 aliphatic rings. The maximum absolute atomic E-state index is 10.3. The molecule has 1 saturated carbocycles. The molecule has 0 saturated heterocycles. The standard InChI is InChI=1S/C10H20O2.C8H6O4/c1-7-4-8(12)5-10(2,3)9(7)6-11;9-7(10)5-1-2-6(4-3-5)8(11)12/h7-9,11-12H,4-6H2,1-3H3;1-4H,(H,9,10)(H,11,12). The van der Waals surface area contributed by atoms with E-state index in [2.05, 4.69) is 20.8 Å². The molecule has 0 bridgehead atoms. The van der Waals surface area contributed by atoms with Crippen molar-refractivity contribution in [1.82, 2.24) is 0 Å². The summed E-state index contributed by atoms with van der Waals surface area (Å²) in [5, 5.41) is 35.7. The lowest BCUT2D eigenvalue weighted by Gasteiger charge is -2.44. The van der Waals surface area contributed by atoms with Crippen LogP contribution in [0.1, 0.15) is 54.3 Å². The molecule has 0 aliphatic heterocycles. The van der Waals surface area contributed by atoms with Gasteiger partial charge in [-0.05, 0) is 54.4 Å². The molecule has 1 aromatic rings. The fraction of sp³-hybridized carbons (Fsp3) is 0.556. The monoisotopic (exact) mass is 338 g/mol. The van der Waals surface area contributed by atoms with E-state index in [-0.39, 0.29) is 29.3 Å². The number of aromatic carboxylic acids is 2. The summed E-state index contributed by atoms with van der Waals surface area (Å²) in [5.41, 5.74) is 0.256. The molecule has 0 heterocycles. The van der Waals surface area contributed by atoms with E-state index in [9.17, 15) is 19.8 Å². The molecule has 2 rings (SSSR count). The van der Waals surface area contributed by atoms with Crippen LogP contribution in [-0.2, 0) is 0 Å². The minimum Gasteiger partial charge on any atom is -0.478 e. The van der Waals surface area contributed by atoms with Crippen molar-refractivity contribution in [2.24, 2.45) is 17.3 Å². The highest BCUT2D eigenvalue weighted by atomic mass is 16.4. The summed E-state index contributed by atoms with van der Waals surface area (Å²) >= 11 is 0. The van der Waals surface area contributed by atoms with Gasteiger partial charge in [-0.1, -0.05) is 20.8 Å². The normalized spacial score (nSPS) is 25.3. The zero-order valence-corrected chi connectivity index (χ0v) is 14.3. The fourth-order valence-corrected chi connectivity index (χ4v) is 3.39. The van der Waals surface area contributed by atoms with Crippen molar-refractivity contribution in [2.45, 2.75) is 39.7 Å². The third-order valence-corrected chi connectivity index (χ3v) is 4.67. The Balaban J connectivity index is 0.000000240. The summed E-state index contributed by atoms with van der Waals surface area (Å²) in [6.07, 6.45) is 1.50. The van der Waals surface area contributed by atoms with Crippen molar-refractivity contribution in [2.75, 3.05) is 6.61 Å². The molecule has 4 N–H and O–H groups in total. The molecule has 134 valence electrons. The summed E-state index contributed by atoms with van der Waals surface area (Å²) in [4.78, 5) is 20.7. The van der Waals surface area contributed by atoms with E-state index >= 15 is 0 Å². The lowest BCUT2D eigenvalue weighted by atomic mass is 9.63. The highest BCUT2D eigenvalue weighted by Gasteiger charge is 2.39. The average molecular weight is 338 g/mol. The Morgan fingerprint density at radius 1 is 1.08 bits per heavy atom. The Bertz CT molecular complexity index is 530. The number of hydrogen-bond acceptors (Lipinski definition) is 4. The maximum atomic E-state index is 10.3. The van der Waals surface area contributed by atoms with Crippen LogP contribution in [0.4, 0.5) is 0 Å². The second-order valence-electron chi connectivity index (χ2n) is 7.04. The largest absolute Gasteiger partial charge is 0.478 e. The van der Waals surface area contributed by atoms with Gasteiger partial charge in [-0.25, -0.2) is 9.59 Å². The van der Waals surface area contributed by atoms with Gasteiger partial charge in [0.15, 0.2) is 0 Å². The summed E-state index contributed by atoms with van der Waals surface area (Å²) in [7, 11) is 0. The molecular weight excluding hydrogens is 312 g/mol. The van der Waals surface area contributed by atoms with Crippen LogP contribution in [0, 0.1) is 17.3 Å². The van der Waals surface area contributed by atoms with Crippen molar-refractivity contribution in [3.63, 3.8) is 0 Å². The topological polar surface area (TPSA) is 115 Å². The van der Waals surface area contributed by atoms with Crippen molar-refractivity contribution in [3.05, 3.63) is 35.4 Å². The van der Waals surface area contributed by atoms with Crippen molar-refractivity contribution in [1.29, 1.82) is 0 Å². The summed E-state index contributed by atoms with van der Waals surface area (Å²) in [6, 6.07) is 5.02. The number of carbonyl (C=O) groups is 2. The van der Waals surface area contributed by atoms with Crippen LogP contribution in [0.15, 0.2) is 24.3 Å². The number of benzene rings is 1. The van der Waals surface area contributed by atoms with E-state index in [4.69, 9.17) is 10.2 Å². The Morgan fingerprint density at radius 3 is 1.79 bits per heavy atom. The van der Waals surface area contributed by atoms with Gasteiger partial charge in [-0.15, -0.1) is 0 Å². The third-order valence-electron chi connectivity index (χ3n) is 4.67. The van der Waals surface area contributed by atoms with Gasteiger partial charge < -0.3 is 20.4 Å². The first-order chi connectivity index (χ1) is 11.1. The predicted molar refractivity (Wildman–Crippen MR) is 89.1 cm³/mol. The zero-order chi connectivity index (χ0) is 18.5. The molecule has 0 spiro atoms. The van der Waals surface area contributed by atoms with E-state index in [0.29, 0.717) is 11.8 Å². The van der Waals surface area contributed by atoms with Gasteiger partial charge in [0.2, 0.25) is 0 Å². The van der Waals surface area contributed by atoms with Gasteiger partial charge >= 0.3 is 11.9 Å². The first-order valence-corrected chi connectivity index (χ1v) is 7.94. The Labute approximate surface area is 141 Å². The van der Waals surface area contributed by atoms with E-state index in [0.717, 1.165) is 12.8 Å². The first-order valence-electron chi connectivity index (χ1n) is 7.94. The van der Waals surface area contributed by atoms with Crippen molar-refractivity contribution >= 4 is 11.9 Å². The number of aliphatic hydroxyl groups is 2. The van der Waals surface area contributed by atoms with Crippen LogP contribution >= 0.6 is 0 Å². The van der Waals surface area contributed by atoms with Gasteiger partial charge in [0.1, 0.15) is 0 Å². The van der Waals surface area contributed by atoms with Gasteiger partial charge in [0, 0.05) is 6.61 Å². The molecule has 24 heavy (non-hydrogen) atoms. The Morgan fingerprint density at radius 2 is 1.50 bits per heavy atom. The van der Waals surface area contributed by atoms with E-state index in [1.54, 1.807) is 0 Å². The molecule has 6 heteroatoms. The number of hydrogen-bond donors (Lipinski definition) is 4.